The molecule has 3 aromatic carbocycles. The Bertz CT molecular complexity index is 1040. The van der Waals surface area contributed by atoms with Gasteiger partial charge >= 0.3 is 5.97 Å². The molecule has 3 rings (SSSR count). The summed E-state index contributed by atoms with van der Waals surface area (Å²) < 4.78 is 24.4. The van der Waals surface area contributed by atoms with Crippen LogP contribution in [0, 0.1) is 0 Å². The number of carbonyl (C=O) groups excluding carboxylic acids is 1. The van der Waals surface area contributed by atoms with Gasteiger partial charge < -0.3 is 9.47 Å². The lowest BCUT2D eigenvalue weighted by atomic mass is 9.90. The summed E-state index contributed by atoms with van der Waals surface area (Å²) in [7, 11) is 0. The molecule has 0 fully saturated rings. The van der Waals surface area contributed by atoms with E-state index in [1.165, 1.54) is 0 Å². The monoisotopic (exact) mass is 432 g/mol. The smallest absolute Gasteiger partial charge is 0.313 e. The molecule has 0 amide bonds. The summed E-state index contributed by atoms with van der Waals surface area (Å²) in [5, 5.41) is 0. The number of halogens is 1. The Kier molecular flexibility index (Phi) is 8.20. The van der Waals surface area contributed by atoms with Crippen LogP contribution in [0.5, 0.6) is 5.75 Å². The number of carbonyl (C=O) groups is 1. The highest BCUT2D eigenvalue weighted by Gasteiger charge is 2.23. The molecule has 3 aromatic rings. The van der Waals surface area contributed by atoms with Crippen molar-refractivity contribution in [3.8, 4) is 16.9 Å². The zero-order chi connectivity index (χ0) is 22.9. The number of esters is 1. The largest absolute Gasteiger partial charge is 0.489 e. The first-order valence-electron chi connectivity index (χ1n) is 10.8. The first kappa shape index (κ1) is 23.3. The molecule has 0 spiro atoms. The highest BCUT2D eigenvalue weighted by atomic mass is 19.1. The summed E-state index contributed by atoms with van der Waals surface area (Å²) in [5.41, 5.74) is 5.19. The standard InChI is InChI=1S/C28H29FO3/c1-4-31-28(30)27(14-20(2)3)25-15-24(23-12-10-21(18-29)11-13-23)16-26(17-25)32-19-22-8-6-5-7-9-22/h5-13,15-17,27H,2,4,14,18-19H2,1,3H3. The van der Waals surface area contributed by atoms with Gasteiger partial charge in [0.25, 0.3) is 0 Å². The van der Waals surface area contributed by atoms with Gasteiger partial charge in [-0.1, -0.05) is 66.2 Å². The van der Waals surface area contributed by atoms with Crippen LogP contribution in [-0.4, -0.2) is 12.6 Å². The molecule has 0 radical (unpaired) electrons. The molecule has 0 N–H and O–H groups in total. The number of ether oxygens (including phenoxy) is 2. The third kappa shape index (κ3) is 6.30. The van der Waals surface area contributed by atoms with Crippen LogP contribution < -0.4 is 4.74 Å². The SMILES string of the molecule is C=C(C)CC(C(=O)OCC)c1cc(OCc2ccccc2)cc(-c2ccc(CF)cc2)c1. The summed E-state index contributed by atoms with van der Waals surface area (Å²) >= 11 is 0. The van der Waals surface area contributed by atoms with E-state index in [-0.39, 0.29) is 5.97 Å². The Morgan fingerprint density at radius 3 is 2.31 bits per heavy atom. The summed E-state index contributed by atoms with van der Waals surface area (Å²) in [5.74, 6) is -0.0991. The van der Waals surface area contributed by atoms with Gasteiger partial charge in [0.2, 0.25) is 0 Å². The van der Waals surface area contributed by atoms with E-state index in [0.717, 1.165) is 27.8 Å². The summed E-state index contributed by atoms with van der Waals surface area (Å²) in [6, 6.07) is 23.0. The van der Waals surface area contributed by atoms with Gasteiger partial charge in [0, 0.05) is 0 Å². The van der Waals surface area contributed by atoms with Crippen LogP contribution >= 0.6 is 0 Å². The minimum Gasteiger partial charge on any atom is -0.489 e. The van der Waals surface area contributed by atoms with E-state index < -0.39 is 12.6 Å². The minimum absolute atomic E-state index is 0.283. The van der Waals surface area contributed by atoms with Crippen molar-refractivity contribution >= 4 is 5.97 Å². The Morgan fingerprint density at radius 1 is 0.969 bits per heavy atom. The topological polar surface area (TPSA) is 35.5 Å². The van der Waals surface area contributed by atoms with Gasteiger partial charge in [0.15, 0.2) is 0 Å². The number of benzene rings is 3. The summed E-state index contributed by atoms with van der Waals surface area (Å²) in [6.45, 7) is 7.91. The molecular weight excluding hydrogens is 403 g/mol. The molecule has 0 saturated heterocycles. The highest BCUT2D eigenvalue weighted by Crippen LogP contribution is 2.33. The van der Waals surface area contributed by atoms with Crippen molar-refractivity contribution in [3.05, 3.63) is 102 Å². The average molecular weight is 433 g/mol. The second-order valence-electron chi connectivity index (χ2n) is 7.86. The molecule has 0 aliphatic rings. The highest BCUT2D eigenvalue weighted by molar-refractivity contribution is 5.80. The second-order valence-corrected chi connectivity index (χ2v) is 7.86. The van der Waals surface area contributed by atoms with E-state index in [2.05, 4.69) is 6.58 Å². The number of hydrogen-bond donors (Lipinski definition) is 0. The molecular formula is C28H29FO3. The average Bonchev–Trinajstić information content (AvgIpc) is 2.81. The molecule has 0 aliphatic heterocycles. The molecule has 4 heteroatoms. The molecule has 0 bridgehead atoms. The van der Waals surface area contributed by atoms with E-state index in [9.17, 15) is 9.18 Å². The van der Waals surface area contributed by atoms with Crippen LogP contribution in [0.2, 0.25) is 0 Å². The molecule has 3 nitrogen and oxygen atoms in total. The Hall–Kier alpha value is -3.40. The van der Waals surface area contributed by atoms with Crippen molar-refractivity contribution < 1.29 is 18.7 Å². The molecule has 0 heterocycles. The Labute approximate surface area is 189 Å². The lowest BCUT2D eigenvalue weighted by Crippen LogP contribution is -2.16. The fraction of sp³-hybridized carbons (Fsp3) is 0.250. The third-order valence-corrected chi connectivity index (χ3v) is 5.14. The fourth-order valence-corrected chi connectivity index (χ4v) is 3.53. The Morgan fingerprint density at radius 2 is 1.69 bits per heavy atom. The molecule has 1 unspecified atom stereocenters. The molecule has 0 saturated carbocycles. The van der Waals surface area contributed by atoms with Crippen LogP contribution in [0.15, 0.2) is 84.9 Å². The predicted molar refractivity (Wildman–Crippen MR) is 126 cm³/mol. The third-order valence-electron chi connectivity index (χ3n) is 5.14. The van der Waals surface area contributed by atoms with E-state index in [4.69, 9.17) is 9.47 Å². The van der Waals surface area contributed by atoms with Gasteiger partial charge in [0.05, 0.1) is 12.5 Å². The van der Waals surface area contributed by atoms with Gasteiger partial charge in [0.1, 0.15) is 19.0 Å². The van der Waals surface area contributed by atoms with Crippen LogP contribution in [0.3, 0.4) is 0 Å². The van der Waals surface area contributed by atoms with Gasteiger partial charge in [-0.3, -0.25) is 4.79 Å². The molecule has 32 heavy (non-hydrogen) atoms. The maximum absolute atomic E-state index is 13.0. The first-order valence-corrected chi connectivity index (χ1v) is 10.8. The number of hydrogen-bond acceptors (Lipinski definition) is 3. The normalized spacial score (nSPS) is 11.6. The Balaban J connectivity index is 2.01. The van der Waals surface area contributed by atoms with Gasteiger partial charge in [-0.2, -0.15) is 0 Å². The summed E-state index contributed by atoms with van der Waals surface area (Å²) in [4.78, 5) is 12.8. The quantitative estimate of drug-likeness (QED) is 0.255. The van der Waals surface area contributed by atoms with Gasteiger partial charge in [-0.15, -0.1) is 6.58 Å². The number of alkyl halides is 1. The van der Waals surface area contributed by atoms with Crippen LogP contribution in [0.1, 0.15) is 42.9 Å². The van der Waals surface area contributed by atoms with Crippen molar-refractivity contribution in [2.75, 3.05) is 6.61 Å². The number of allylic oxidation sites excluding steroid dienone is 1. The molecule has 0 aliphatic carbocycles. The van der Waals surface area contributed by atoms with Crippen molar-refractivity contribution in [2.24, 2.45) is 0 Å². The molecule has 0 aromatic heterocycles. The van der Waals surface area contributed by atoms with E-state index >= 15 is 0 Å². The zero-order valence-electron chi connectivity index (χ0n) is 18.6. The number of rotatable bonds is 10. The molecule has 1 atom stereocenters. The second kappa shape index (κ2) is 11.3. The van der Waals surface area contributed by atoms with Crippen LogP contribution in [0.25, 0.3) is 11.1 Å². The van der Waals surface area contributed by atoms with Crippen molar-refractivity contribution in [3.63, 3.8) is 0 Å². The van der Waals surface area contributed by atoms with Crippen LogP contribution in [0.4, 0.5) is 4.39 Å². The lowest BCUT2D eigenvalue weighted by molar-refractivity contribution is -0.144. The predicted octanol–water partition coefficient (Wildman–Crippen LogP) is 7.02. The van der Waals surface area contributed by atoms with Crippen molar-refractivity contribution in [2.45, 2.75) is 39.5 Å². The fourth-order valence-electron chi connectivity index (χ4n) is 3.53. The summed E-state index contributed by atoms with van der Waals surface area (Å²) in [6.07, 6.45) is 0.487. The maximum Gasteiger partial charge on any atom is 0.313 e. The van der Waals surface area contributed by atoms with Gasteiger partial charge in [-0.05, 0) is 60.2 Å². The lowest BCUT2D eigenvalue weighted by Gasteiger charge is -2.19. The molecule has 166 valence electrons. The van der Waals surface area contributed by atoms with Crippen molar-refractivity contribution in [1.82, 2.24) is 0 Å². The van der Waals surface area contributed by atoms with E-state index in [1.807, 2.05) is 67.6 Å². The van der Waals surface area contributed by atoms with Crippen molar-refractivity contribution in [1.29, 1.82) is 0 Å². The zero-order valence-corrected chi connectivity index (χ0v) is 18.6. The first-order chi connectivity index (χ1) is 15.5. The van der Waals surface area contributed by atoms with Crippen LogP contribution in [-0.2, 0) is 22.8 Å². The maximum atomic E-state index is 13.0. The van der Waals surface area contributed by atoms with E-state index in [0.29, 0.717) is 30.9 Å². The van der Waals surface area contributed by atoms with E-state index in [1.54, 1.807) is 19.1 Å². The minimum atomic E-state index is -0.505. The van der Waals surface area contributed by atoms with Gasteiger partial charge in [-0.25, -0.2) is 4.39 Å².